The minimum Gasteiger partial charge on any atom is -0.325 e. The normalized spacial score (nSPS) is 13.3. The Morgan fingerprint density at radius 3 is 1.66 bits per heavy atom. The van der Waals surface area contributed by atoms with E-state index in [2.05, 4.69) is 15.6 Å². The van der Waals surface area contributed by atoms with Crippen molar-refractivity contribution in [1.82, 2.24) is 20.3 Å². The number of thiazole rings is 2. The third-order valence-corrected chi connectivity index (χ3v) is 12.7. The molecule has 9 aromatic rings. The van der Waals surface area contributed by atoms with Crippen LogP contribution < -0.4 is 10.6 Å². The molecule has 294 valence electrons. The smallest absolute Gasteiger partial charge is 0.258 e. The Balaban J connectivity index is 1.24. The molecule has 0 atom stereocenters. The van der Waals surface area contributed by atoms with E-state index in [9.17, 15) is 9.59 Å². The zero-order chi connectivity index (χ0) is 41.5. The number of nitrogens with one attached hydrogen (secondary N) is 3. The van der Waals surface area contributed by atoms with Crippen molar-refractivity contribution < 1.29 is 9.59 Å². The van der Waals surface area contributed by atoms with Crippen molar-refractivity contribution >= 4 is 113 Å². The summed E-state index contributed by atoms with van der Waals surface area (Å²) in [6.07, 6.45) is 0. The first kappa shape index (κ1) is 38.2. The Morgan fingerprint density at radius 1 is 0.541 bits per heavy atom. The van der Waals surface area contributed by atoms with E-state index < -0.39 is 11.8 Å². The van der Waals surface area contributed by atoms with Gasteiger partial charge in [0.05, 0.1) is 52.7 Å². The number of carbonyl (C=O) groups excluding carboxylic acids is 2. The second kappa shape index (κ2) is 16.2. The van der Waals surface area contributed by atoms with Gasteiger partial charge in [-0.1, -0.05) is 132 Å². The summed E-state index contributed by atoms with van der Waals surface area (Å²) in [5.41, 5.74) is 6.38. The summed E-state index contributed by atoms with van der Waals surface area (Å²) in [6.45, 7) is 0. The predicted molar refractivity (Wildman–Crippen MR) is 251 cm³/mol. The first-order chi connectivity index (χ1) is 29.9. The number of benzene rings is 6. The van der Waals surface area contributed by atoms with E-state index in [0.29, 0.717) is 65.4 Å². The number of H-pyrrole nitrogens is 1. The molecule has 1 aliphatic rings. The van der Waals surface area contributed by atoms with E-state index in [1.165, 1.54) is 22.7 Å². The molecule has 3 N–H and O–H groups in total. The van der Waals surface area contributed by atoms with Gasteiger partial charge in [0.1, 0.15) is 27.5 Å². The maximum absolute atomic E-state index is 14.0. The van der Waals surface area contributed by atoms with Crippen molar-refractivity contribution in [3.63, 3.8) is 0 Å². The lowest BCUT2D eigenvalue weighted by molar-refractivity contribution is 0.0976. The predicted octanol–water partition coefficient (Wildman–Crippen LogP) is 12.6. The molecule has 0 bridgehead atoms. The quantitative estimate of drug-likeness (QED) is 0.141. The summed E-state index contributed by atoms with van der Waals surface area (Å²) >= 11 is 16.1. The zero-order valence-corrected chi connectivity index (χ0v) is 34.8. The van der Waals surface area contributed by atoms with Gasteiger partial charge in [-0.2, -0.15) is 0 Å². The van der Waals surface area contributed by atoms with Crippen molar-refractivity contribution in [1.29, 1.82) is 0 Å². The highest BCUT2D eigenvalue weighted by molar-refractivity contribution is 7.21. The number of fused-ring (bicyclic) bond motifs is 2. The summed E-state index contributed by atoms with van der Waals surface area (Å²) in [5.74, 6) is 0.460. The van der Waals surface area contributed by atoms with Crippen LogP contribution in [0.4, 0.5) is 11.6 Å². The van der Waals surface area contributed by atoms with Gasteiger partial charge in [-0.05, 0) is 59.7 Å². The van der Waals surface area contributed by atoms with Crippen LogP contribution in [-0.2, 0) is 0 Å². The fraction of sp³-hybridized carbons (Fsp3) is 0. The van der Waals surface area contributed by atoms with Gasteiger partial charge in [0, 0.05) is 11.1 Å². The number of halogens is 2. The maximum atomic E-state index is 14.0. The fourth-order valence-corrected chi connectivity index (χ4v) is 9.66. The molecule has 0 saturated carbocycles. The molecule has 0 unspecified atom stereocenters. The van der Waals surface area contributed by atoms with Crippen LogP contribution in [0.1, 0.15) is 31.3 Å². The van der Waals surface area contributed by atoms with Crippen LogP contribution >= 0.6 is 45.9 Å². The van der Waals surface area contributed by atoms with E-state index in [-0.39, 0.29) is 11.4 Å². The molecule has 9 nitrogen and oxygen atoms in total. The van der Waals surface area contributed by atoms with Gasteiger partial charge in [0.25, 0.3) is 11.8 Å². The molecule has 0 spiro atoms. The minimum atomic E-state index is -0.441. The number of amides is 2. The average Bonchev–Trinajstić information content (AvgIpc) is 4.07. The Labute approximate surface area is 366 Å². The lowest BCUT2D eigenvalue weighted by Gasteiger charge is -2.10. The molecule has 0 radical (unpaired) electrons. The van der Waals surface area contributed by atoms with Crippen LogP contribution in [0.15, 0.2) is 168 Å². The Bertz CT molecular complexity index is 3210. The molecule has 0 aliphatic carbocycles. The van der Waals surface area contributed by atoms with Crippen molar-refractivity contribution in [3.05, 3.63) is 189 Å². The van der Waals surface area contributed by atoms with Crippen molar-refractivity contribution in [2.75, 3.05) is 5.32 Å². The number of amidine groups is 2. The number of anilines is 1. The molecule has 6 aromatic carbocycles. The first-order valence-corrected chi connectivity index (χ1v) is 21.4. The van der Waals surface area contributed by atoms with E-state index >= 15 is 0 Å². The van der Waals surface area contributed by atoms with Crippen LogP contribution in [0.5, 0.6) is 0 Å². The van der Waals surface area contributed by atoms with Crippen LogP contribution in [-0.4, -0.2) is 38.4 Å². The molecule has 61 heavy (non-hydrogen) atoms. The van der Waals surface area contributed by atoms with Crippen LogP contribution in [0.2, 0.25) is 10.0 Å². The molecule has 1 aliphatic heterocycles. The number of nitrogens with zero attached hydrogens (tertiary/aromatic N) is 4. The highest BCUT2D eigenvalue weighted by atomic mass is 35.5. The fourth-order valence-electron chi connectivity index (χ4n) is 7.18. The monoisotopic (exact) mass is 869 g/mol. The summed E-state index contributed by atoms with van der Waals surface area (Å²) < 4.78 is 1.94. The second-order valence-corrected chi connectivity index (χ2v) is 16.7. The van der Waals surface area contributed by atoms with E-state index in [0.717, 1.165) is 31.6 Å². The van der Waals surface area contributed by atoms with Gasteiger partial charge in [-0.3, -0.25) is 9.59 Å². The molecular weight excluding hydrogens is 842 g/mol. The largest absolute Gasteiger partial charge is 0.325 e. The van der Waals surface area contributed by atoms with Gasteiger partial charge in [0.2, 0.25) is 0 Å². The summed E-state index contributed by atoms with van der Waals surface area (Å²) in [6, 6.07) is 49.0. The molecule has 2 amide bonds. The number of para-hydroxylation sites is 2. The SMILES string of the molecule is O=C(NC1=NC(=Nc2[nH]c(NC(=O)c3ccccc3Cl)c(-c3nc4ccccc4s3)c2-c2ccccc2)C(c2ccccc2)=C1c1nc2ccccc2s1)c1ccccc1Cl. The number of aromatic amines is 1. The number of rotatable bonds is 8. The lowest BCUT2D eigenvalue weighted by Crippen LogP contribution is -2.30. The highest BCUT2D eigenvalue weighted by Gasteiger charge is 2.33. The Kier molecular flexibility index (Phi) is 10.1. The average molecular weight is 871 g/mol. The standard InChI is InChI=1S/C48H29Cl2N7O2S2/c49-31-21-9-7-19-29(31)45(58)56-43-39(47-51-33-23-11-13-25-35(33)60-47)37(27-15-3-1-4-16-27)41(54-43)53-42-38(28-17-5-2-6-18-28)40(48-52-34-24-12-14-26-36(34)61-48)44(55-42)57-46(59)30-20-8-10-22-32(30)50/h1-26,54H,(H,56,58)(H,53,55,57,59). The van der Waals surface area contributed by atoms with Crippen molar-refractivity contribution in [2.24, 2.45) is 9.98 Å². The number of hydrogen-bond acceptors (Lipinski definition) is 7. The maximum Gasteiger partial charge on any atom is 0.258 e. The van der Waals surface area contributed by atoms with E-state index in [1.54, 1.807) is 48.5 Å². The van der Waals surface area contributed by atoms with Crippen LogP contribution in [0.25, 0.3) is 53.3 Å². The Morgan fingerprint density at radius 2 is 1.05 bits per heavy atom. The van der Waals surface area contributed by atoms with Gasteiger partial charge in [-0.15, -0.1) is 22.7 Å². The number of aromatic nitrogens is 3. The number of hydrogen-bond donors (Lipinski definition) is 3. The van der Waals surface area contributed by atoms with Gasteiger partial charge in [-0.25, -0.2) is 20.0 Å². The van der Waals surface area contributed by atoms with E-state index in [1.807, 2.05) is 109 Å². The summed E-state index contributed by atoms with van der Waals surface area (Å²) in [4.78, 5) is 52.1. The summed E-state index contributed by atoms with van der Waals surface area (Å²) in [7, 11) is 0. The third-order valence-electron chi connectivity index (χ3n) is 9.97. The lowest BCUT2D eigenvalue weighted by atomic mass is 10.00. The van der Waals surface area contributed by atoms with Gasteiger partial charge in [0.15, 0.2) is 5.84 Å². The molecule has 0 fully saturated rings. The molecular formula is C48H29Cl2N7O2S2. The minimum absolute atomic E-state index is 0.257. The molecule has 10 rings (SSSR count). The molecule has 3 aromatic heterocycles. The highest BCUT2D eigenvalue weighted by Crippen LogP contribution is 2.48. The van der Waals surface area contributed by atoms with Gasteiger partial charge >= 0.3 is 0 Å². The third kappa shape index (κ3) is 7.34. The van der Waals surface area contributed by atoms with E-state index in [4.69, 9.17) is 43.2 Å². The first-order valence-electron chi connectivity index (χ1n) is 19.0. The molecule has 13 heteroatoms. The van der Waals surface area contributed by atoms with Crippen LogP contribution in [0, 0.1) is 0 Å². The van der Waals surface area contributed by atoms with Crippen LogP contribution in [0.3, 0.4) is 0 Å². The molecule has 0 saturated heterocycles. The Hall–Kier alpha value is -7.02. The zero-order valence-electron chi connectivity index (χ0n) is 31.7. The summed E-state index contributed by atoms with van der Waals surface area (Å²) in [5, 5.41) is 8.08. The number of aliphatic imine (C=N–C) groups is 2. The van der Waals surface area contributed by atoms with Crippen molar-refractivity contribution in [2.45, 2.75) is 0 Å². The number of carbonyl (C=O) groups is 2. The molecule has 4 heterocycles. The van der Waals surface area contributed by atoms with Gasteiger partial charge < -0.3 is 15.6 Å². The topological polar surface area (TPSA) is 124 Å². The van der Waals surface area contributed by atoms with Crippen molar-refractivity contribution in [3.8, 4) is 21.7 Å². The second-order valence-electron chi connectivity index (χ2n) is 13.8.